The van der Waals surface area contributed by atoms with Gasteiger partial charge in [0.2, 0.25) is 0 Å². The minimum atomic E-state index is -1.32. The molecule has 0 aliphatic heterocycles. The van der Waals surface area contributed by atoms with Crippen molar-refractivity contribution in [2.75, 3.05) is 0 Å². The van der Waals surface area contributed by atoms with Crippen LogP contribution in [0.25, 0.3) is 0 Å². The highest BCUT2D eigenvalue weighted by atomic mass is 16.5. The lowest BCUT2D eigenvalue weighted by Gasteiger charge is -2.28. The maximum atomic E-state index is 11.8. The number of fused-ring (bicyclic) bond motifs is 1. The van der Waals surface area contributed by atoms with E-state index in [1.807, 2.05) is 24.3 Å². The maximum Gasteiger partial charge on any atom is 0.339 e. The normalized spacial score (nSPS) is 16.5. The van der Waals surface area contributed by atoms with Crippen LogP contribution < -0.4 is 9.47 Å². The van der Waals surface area contributed by atoms with Crippen molar-refractivity contribution in [2.45, 2.75) is 38.0 Å². The van der Waals surface area contributed by atoms with Crippen LogP contribution in [0.4, 0.5) is 0 Å². The van der Waals surface area contributed by atoms with E-state index >= 15 is 0 Å². The fraction of sp³-hybridized carbons (Fsp3) is 0.176. The monoisotopic (exact) mass is 596 g/mol. The number of carboxylic acid groups (broad SMARTS) is 4. The van der Waals surface area contributed by atoms with Gasteiger partial charge in [0.05, 0.1) is 11.1 Å². The molecule has 4 aromatic rings. The molecule has 0 spiro atoms. The second kappa shape index (κ2) is 10.9. The Kier molecular flexibility index (Phi) is 7.38. The molecular formula is C34H28O10. The standard InChI is InChI=1S/C34H28O10/c1-33(2)17-34(3,20-6-8-21(9-7-20)43-27-12-4-18(29(35)36)14-23(27)31(39)40)26-16-22(10-11-25(26)33)44-28-13-5-19(30(37)38)15-24(28)32(41)42/h4-16H,17H2,1-3H3,(H,35,36)(H,37,38)(H,39,40)(H,41,42). The first kappa shape index (κ1) is 29.8. The van der Waals surface area contributed by atoms with Gasteiger partial charge in [-0.05, 0) is 89.2 Å². The molecule has 4 aromatic carbocycles. The second-order valence-electron chi connectivity index (χ2n) is 11.5. The zero-order chi connectivity index (χ0) is 32.0. The van der Waals surface area contributed by atoms with Crippen LogP contribution in [0.5, 0.6) is 23.0 Å². The van der Waals surface area contributed by atoms with Gasteiger partial charge in [0, 0.05) is 5.41 Å². The van der Waals surface area contributed by atoms with Crippen molar-refractivity contribution in [2.24, 2.45) is 0 Å². The van der Waals surface area contributed by atoms with E-state index < -0.39 is 29.3 Å². The summed E-state index contributed by atoms with van der Waals surface area (Å²) in [5.41, 5.74) is 1.44. The fourth-order valence-corrected chi connectivity index (χ4v) is 5.95. The molecular weight excluding hydrogens is 568 g/mol. The molecule has 10 heteroatoms. The van der Waals surface area contributed by atoms with Gasteiger partial charge in [0.1, 0.15) is 34.1 Å². The molecule has 10 nitrogen and oxygen atoms in total. The first-order valence-electron chi connectivity index (χ1n) is 13.5. The molecule has 4 N–H and O–H groups in total. The lowest BCUT2D eigenvalue weighted by Crippen LogP contribution is -2.23. The summed E-state index contributed by atoms with van der Waals surface area (Å²) >= 11 is 0. The lowest BCUT2D eigenvalue weighted by atomic mass is 9.75. The Bertz CT molecular complexity index is 1840. The van der Waals surface area contributed by atoms with Crippen molar-refractivity contribution in [3.8, 4) is 23.0 Å². The molecule has 44 heavy (non-hydrogen) atoms. The number of rotatable bonds is 9. The summed E-state index contributed by atoms with van der Waals surface area (Å²) in [5.74, 6) is -4.34. The van der Waals surface area contributed by atoms with Crippen LogP contribution in [0.1, 0.15) is 85.3 Å². The van der Waals surface area contributed by atoms with Crippen molar-refractivity contribution >= 4 is 23.9 Å². The molecule has 0 bridgehead atoms. The van der Waals surface area contributed by atoms with Gasteiger partial charge in [-0.2, -0.15) is 0 Å². The van der Waals surface area contributed by atoms with Crippen molar-refractivity contribution < 1.29 is 49.1 Å². The highest BCUT2D eigenvalue weighted by Crippen LogP contribution is 2.54. The zero-order valence-electron chi connectivity index (χ0n) is 24.0. The van der Waals surface area contributed by atoms with E-state index in [0.717, 1.165) is 35.2 Å². The van der Waals surface area contributed by atoms with Crippen LogP contribution in [0.3, 0.4) is 0 Å². The number of aromatic carboxylic acids is 4. The Morgan fingerprint density at radius 1 is 0.568 bits per heavy atom. The molecule has 1 aliphatic rings. The average Bonchev–Trinajstić information content (AvgIpc) is 3.18. The van der Waals surface area contributed by atoms with Crippen LogP contribution in [-0.4, -0.2) is 44.3 Å². The third-order valence-corrected chi connectivity index (χ3v) is 7.97. The Morgan fingerprint density at radius 2 is 1.05 bits per heavy atom. The van der Waals surface area contributed by atoms with E-state index in [0.29, 0.717) is 11.5 Å². The molecule has 0 amide bonds. The first-order chi connectivity index (χ1) is 20.7. The van der Waals surface area contributed by atoms with E-state index in [1.165, 1.54) is 24.3 Å². The second-order valence-corrected chi connectivity index (χ2v) is 11.5. The number of benzene rings is 4. The van der Waals surface area contributed by atoms with Gasteiger partial charge in [-0.25, -0.2) is 19.2 Å². The van der Waals surface area contributed by atoms with E-state index in [9.17, 15) is 39.6 Å². The number of carbonyl (C=O) groups is 4. The van der Waals surface area contributed by atoms with Crippen LogP contribution in [-0.2, 0) is 10.8 Å². The summed E-state index contributed by atoms with van der Waals surface area (Å²) in [7, 11) is 0. The van der Waals surface area contributed by atoms with Gasteiger partial charge in [-0.15, -0.1) is 0 Å². The Balaban J connectivity index is 1.47. The predicted octanol–water partition coefficient (Wildman–Crippen LogP) is 7.05. The van der Waals surface area contributed by atoms with E-state index in [2.05, 4.69) is 20.8 Å². The van der Waals surface area contributed by atoms with Gasteiger partial charge >= 0.3 is 23.9 Å². The smallest absolute Gasteiger partial charge is 0.339 e. The Labute approximate surface area is 251 Å². The van der Waals surface area contributed by atoms with Crippen molar-refractivity contribution in [3.63, 3.8) is 0 Å². The number of hydrogen-bond donors (Lipinski definition) is 4. The molecule has 0 aromatic heterocycles. The summed E-state index contributed by atoms with van der Waals surface area (Å²) in [4.78, 5) is 46.2. The molecule has 0 saturated heterocycles. The largest absolute Gasteiger partial charge is 0.478 e. The zero-order valence-corrected chi connectivity index (χ0v) is 24.0. The van der Waals surface area contributed by atoms with Crippen molar-refractivity contribution in [1.82, 2.24) is 0 Å². The topological polar surface area (TPSA) is 168 Å². The molecule has 0 fully saturated rings. The highest BCUT2D eigenvalue weighted by Gasteiger charge is 2.46. The van der Waals surface area contributed by atoms with Gasteiger partial charge < -0.3 is 29.9 Å². The Hall–Kier alpha value is -5.64. The van der Waals surface area contributed by atoms with Crippen LogP contribution in [0.2, 0.25) is 0 Å². The summed E-state index contributed by atoms with van der Waals surface area (Å²) in [5, 5.41) is 37.7. The first-order valence-corrected chi connectivity index (χ1v) is 13.5. The molecule has 224 valence electrons. The van der Waals surface area contributed by atoms with E-state index in [1.54, 1.807) is 18.2 Å². The highest BCUT2D eigenvalue weighted by molar-refractivity contribution is 5.96. The molecule has 1 aliphatic carbocycles. The average molecular weight is 597 g/mol. The minimum Gasteiger partial charge on any atom is -0.478 e. The van der Waals surface area contributed by atoms with Crippen LogP contribution in [0, 0.1) is 0 Å². The summed E-state index contributed by atoms with van der Waals surface area (Å²) in [6, 6.07) is 20.1. The molecule has 0 heterocycles. The molecule has 0 radical (unpaired) electrons. The SMILES string of the molecule is CC1(C)CC(C)(c2ccc(Oc3ccc(C(=O)O)cc3C(=O)O)cc2)c2cc(Oc3ccc(C(=O)O)cc3C(=O)O)ccc21. The van der Waals surface area contributed by atoms with E-state index in [-0.39, 0.29) is 39.2 Å². The van der Waals surface area contributed by atoms with Gasteiger partial charge in [-0.1, -0.05) is 39.0 Å². The number of carboxylic acids is 4. The quantitative estimate of drug-likeness (QED) is 0.157. The van der Waals surface area contributed by atoms with E-state index in [4.69, 9.17) is 9.47 Å². The van der Waals surface area contributed by atoms with Gasteiger partial charge in [0.25, 0.3) is 0 Å². The van der Waals surface area contributed by atoms with Crippen LogP contribution >= 0.6 is 0 Å². The van der Waals surface area contributed by atoms with Crippen molar-refractivity contribution in [1.29, 1.82) is 0 Å². The van der Waals surface area contributed by atoms with Gasteiger partial charge in [-0.3, -0.25) is 0 Å². The fourth-order valence-electron chi connectivity index (χ4n) is 5.95. The molecule has 5 rings (SSSR count). The molecule has 1 atom stereocenters. The summed E-state index contributed by atoms with van der Waals surface area (Å²) < 4.78 is 11.8. The molecule has 1 unspecified atom stereocenters. The lowest BCUT2D eigenvalue weighted by molar-refractivity contribution is 0.0674. The number of ether oxygens (including phenoxy) is 2. The maximum absolute atomic E-state index is 11.8. The summed E-state index contributed by atoms with van der Waals surface area (Å²) in [6.07, 6.45) is 0.743. The third kappa shape index (κ3) is 5.45. The summed E-state index contributed by atoms with van der Waals surface area (Å²) in [6.45, 7) is 6.37. The van der Waals surface area contributed by atoms with Crippen molar-refractivity contribution in [3.05, 3.63) is 118 Å². The van der Waals surface area contributed by atoms with Crippen LogP contribution in [0.15, 0.2) is 78.9 Å². The van der Waals surface area contributed by atoms with Gasteiger partial charge in [0.15, 0.2) is 0 Å². The predicted molar refractivity (Wildman–Crippen MR) is 158 cm³/mol. The molecule has 0 saturated carbocycles. The third-order valence-electron chi connectivity index (χ3n) is 7.97. The minimum absolute atomic E-state index is 0.00714. The Morgan fingerprint density at radius 3 is 1.52 bits per heavy atom. The number of hydrogen-bond acceptors (Lipinski definition) is 6.